The van der Waals surface area contributed by atoms with Crippen LogP contribution >= 0.6 is 7.82 Å². The first-order valence-electron chi connectivity index (χ1n) is 20.6. The highest BCUT2D eigenvalue weighted by molar-refractivity contribution is 7.46. The smallest absolute Gasteiger partial charge is 0.462 e. The Labute approximate surface area is 307 Å². The zero-order chi connectivity index (χ0) is 36.8. The number of unbranched alkanes of at least 4 members (excludes halogenated alkanes) is 24. The van der Waals surface area contributed by atoms with Gasteiger partial charge in [0, 0.05) is 12.8 Å². The molecule has 0 aromatic rings. The molecular weight excluding hydrogens is 651 g/mol. The molecule has 0 aromatic heterocycles. The van der Waals surface area contributed by atoms with Gasteiger partial charge >= 0.3 is 19.8 Å². The van der Waals surface area contributed by atoms with Crippen molar-refractivity contribution in [2.45, 2.75) is 213 Å². The van der Waals surface area contributed by atoms with E-state index in [4.69, 9.17) is 19.3 Å². The minimum Gasteiger partial charge on any atom is -0.462 e. The highest BCUT2D eigenvalue weighted by Gasteiger charge is 2.22. The van der Waals surface area contributed by atoms with Gasteiger partial charge in [-0.25, -0.2) is 4.57 Å². The predicted octanol–water partition coefficient (Wildman–Crippen LogP) is 12.4. The molecule has 0 radical (unpaired) electrons. The molecule has 0 fully saturated rings. The van der Waals surface area contributed by atoms with Crippen LogP contribution < -0.4 is 0 Å². The quantitative estimate of drug-likeness (QED) is 0.0279. The largest absolute Gasteiger partial charge is 0.469 e. The van der Waals surface area contributed by atoms with E-state index in [1.54, 1.807) is 0 Å². The first-order valence-corrected chi connectivity index (χ1v) is 22.2. The maximum absolute atomic E-state index is 12.4. The summed E-state index contributed by atoms with van der Waals surface area (Å²) in [4.78, 5) is 42.8. The van der Waals surface area contributed by atoms with Crippen molar-refractivity contribution in [1.82, 2.24) is 0 Å². The fourth-order valence-corrected chi connectivity index (χ4v) is 6.23. The Balaban J connectivity index is 3.90. The predicted molar refractivity (Wildman–Crippen MR) is 207 cm³/mol. The van der Waals surface area contributed by atoms with E-state index in [1.807, 2.05) is 0 Å². The number of phosphoric ester groups is 1. The van der Waals surface area contributed by atoms with Gasteiger partial charge in [-0.05, 0) is 44.9 Å². The lowest BCUT2D eigenvalue weighted by Crippen LogP contribution is -2.29. The van der Waals surface area contributed by atoms with Crippen LogP contribution in [0.4, 0.5) is 0 Å². The fourth-order valence-electron chi connectivity index (χ4n) is 5.87. The van der Waals surface area contributed by atoms with Gasteiger partial charge in [0.05, 0.1) is 6.61 Å². The Bertz CT molecular complexity index is 869. The number of rotatable bonds is 38. The lowest BCUT2D eigenvalue weighted by atomic mass is 10.0. The van der Waals surface area contributed by atoms with E-state index < -0.39 is 32.5 Å². The monoisotopic (exact) mass is 729 g/mol. The number of carbonyl (C=O) groups excluding carboxylic acids is 2. The van der Waals surface area contributed by atoms with Gasteiger partial charge in [-0.15, -0.1) is 0 Å². The van der Waals surface area contributed by atoms with Crippen LogP contribution in [0.3, 0.4) is 0 Å². The first-order chi connectivity index (χ1) is 24.3. The summed E-state index contributed by atoms with van der Waals surface area (Å²) in [7, 11) is -4.75. The number of ether oxygens (including phenoxy) is 2. The molecular formula is C41H77O8P. The van der Waals surface area contributed by atoms with Gasteiger partial charge in [-0.1, -0.05) is 173 Å². The molecule has 0 aromatic carbocycles. The van der Waals surface area contributed by atoms with Crippen molar-refractivity contribution >= 4 is 19.8 Å². The normalized spacial score (nSPS) is 12.6. The number of carbonyl (C=O) groups is 2. The van der Waals surface area contributed by atoms with Crippen molar-refractivity contribution in [2.75, 3.05) is 13.2 Å². The zero-order valence-electron chi connectivity index (χ0n) is 32.3. The van der Waals surface area contributed by atoms with Gasteiger partial charge in [0.25, 0.3) is 0 Å². The molecule has 0 spiro atoms. The van der Waals surface area contributed by atoms with Gasteiger partial charge in [0.2, 0.25) is 0 Å². The van der Waals surface area contributed by atoms with E-state index in [0.717, 1.165) is 51.4 Å². The molecule has 0 unspecified atom stereocenters. The van der Waals surface area contributed by atoms with Gasteiger partial charge in [0.15, 0.2) is 6.10 Å². The second kappa shape index (κ2) is 37.3. The molecule has 0 aliphatic rings. The highest BCUT2D eigenvalue weighted by atomic mass is 31.2. The molecule has 9 heteroatoms. The second-order valence-electron chi connectivity index (χ2n) is 14.0. The summed E-state index contributed by atoms with van der Waals surface area (Å²) in [6.45, 7) is 3.67. The Morgan fingerprint density at radius 1 is 0.520 bits per heavy atom. The molecule has 294 valence electrons. The highest BCUT2D eigenvalue weighted by Crippen LogP contribution is 2.36. The summed E-state index contributed by atoms with van der Waals surface area (Å²) >= 11 is 0. The third-order valence-corrected chi connectivity index (χ3v) is 9.46. The van der Waals surface area contributed by atoms with E-state index >= 15 is 0 Å². The van der Waals surface area contributed by atoms with Crippen LogP contribution in [0, 0.1) is 0 Å². The average Bonchev–Trinajstić information content (AvgIpc) is 3.08. The van der Waals surface area contributed by atoms with Crippen molar-refractivity contribution < 1.29 is 37.9 Å². The van der Waals surface area contributed by atoms with E-state index in [-0.39, 0.29) is 19.4 Å². The number of allylic oxidation sites excluding steroid dienone is 4. The standard InChI is InChI=1S/C41H77O8P/c1-3-5-7-9-11-13-15-17-18-19-20-21-22-24-26-28-30-32-34-36-41(43)49-39(38-48-50(44,45)46)37-47-40(42)35-33-31-29-27-25-23-16-14-12-10-8-6-4-2/h11,13,17-18,39H,3-10,12,14-16,19-38H2,1-2H3,(H2,44,45,46)/b13-11-,18-17-/t39-/m1/s1. The molecule has 8 nitrogen and oxygen atoms in total. The number of hydrogen-bond donors (Lipinski definition) is 2. The van der Waals surface area contributed by atoms with Crippen molar-refractivity contribution in [3.05, 3.63) is 24.3 Å². The number of hydrogen-bond acceptors (Lipinski definition) is 6. The average molecular weight is 729 g/mol. The molecule has 0 amide bonds. The molecule has 0 saturated heterocycles. The van der Waals surface area contributed by atoms with Gasteiger partial charge < -0.3 is 19.3 Å². The third-order valence-electron chi connectivity index (χ3n) is 8.97. The van der Waals surface area contributed by atoms with E-state index in [9.17, 15) is 14.2 Å². The van der Waals surface area contributed by atoms with Gasteiger partial charge in [0.1, 0.15) is 6.61 Å². The van der Waals surface area contributed by atoms with Crippen molar-refractivity contribution in [1.29, 1.82) is 0 Å². The van der Waals surface area contributed by atoms with Gasteiger partial charge in [-0.2, -0.15) is 0 Å². The molecule has 0 bridgehead atoms. The van der Waals surface area contributed by atoms with Crippen molar-refractivity contribution in [3.8, 4) is 0 Å². The molecule has 1 atom stereocenters. The van der Waals surface area contributed by atoms with Gasteiger partial charge in [-0.3, -0.25) is 14.1 Å². The van der Waals surface area contributed by atoms with Crippen LogP contribution in [0.15, 0.2) is 24.3 Å². The Morgan fingerprint density at radius 3 is 1.36 bits per heavy atom. The van der Waals surface area contributed by atoms with E-state index in [2.05, 4.69) is 42.7 Å². The summed E-state index contributed by atoms with van der Waals surface area (Å²) in [6, 6.07) is 0. The number of esters is 2. The maximum Gasteiger partial charge on any atom is 0.469 e. The van der Waals surface area contributed by atoms with Crippen LogP contribution in [0.5, 0.6) is 0 Å². The van der Waals surface area contributed by atoms with Crippen LogP contribution in [0.1, 0.15) is 206 Å². The Hall–Kier alpha value is -1.47. The van der Waals surface area contributed by atoms with Crippen molar-refractivity contribution in [2.24, 2.45) is 0 Å². The topological polar surface area (TPSA) is 119 Å². The molecule has 0 heterocycles. The summed E-state index contributed by atoms with van der Waals surface area (Å²) in [5.41, 5.74) is 0. The van der Waals surface area contributed by atoms with Crippen LogP contribution in [0.25, 0.3) is 0 Å². The lowest BCUT2D eigenvalue weighted by molar-refractivity contribution is -0.161. The molecule has 0 aliphatic heterocycles. The molecule has 0 rings (SSSR count). The summed E-state index contributed by atoms with van der Waals surface area (Å²) in [5, 5.41) is 0. The van der Waals surface area contributed by atoms with Crippen LogP contribution in [-0.2, 0) is 28.2 Å². The Kier molecular flexibility index (Phi) is 36.2. The summed E-state index contributed by atoms with van der Waals surface area (Å²) < 4.78 is 26.4. The van der Waals surface area contributed by atoms with E-state index in [1.165, 1.54) is 122 Å². The van der Waals surface area contributed by atoms with E-state index in [0.29, 0.717) is 6.42 Å². The Morgan fingerprint density at radius 2 is 0.900 bits per heavy atom. The SMILES string of the molecule is CCCCC/C=C\C/C=C\CCCCCCCCCCCC(=O)O[C@H](COC(=O)CCCCCCCCCCCCCCC)COP(=O)(O)O. The van der Waals surface area contributed by atoms with Crippen LogP contribution in [-0.4, -0.2) is 41.0 Å². The molecule has 0 aliphatic carbocycles. The summed E-state index contributed by atoms with van der Waals surface area (Å²) in [5.74, 6) is -0.882. The summed E-state index contributed by atoms with van der Waals surface area (Å²) in [6.07, 6.45) is 41.8. The van der Waals surface area contributed by atoms with Crippen molar-refractivity contribution in [3.63, 3.8) is 0 Å². The maximum atomic E-state index is 12.4. The zero-order valence-corrected chi connectivity index (χ0v) is 33.2. The fraction of sp³-hybridized carbons (Fsp3) is 0.854. The lowest BCUT2D eigenvalue weighted by Gasteiger charge is -2.18. The number of phosphoric acid groups is 1. The molecule has 2 N–H and O–H groups in total. The second-order valence-corrected chi connectivity index (χ2v) is 15.2. The minimum atomic E-state index is -4.75. The van der Waals surface area contributed by atoms with Crippen LogP contribution in [0.2, 0.25) is 0 Å². The molecule has 0 saturated carbocycles. The third kappa shape index (κ3) is 39.3. The minimum absolute atomic E-state index is 0.210. The first kappa shape index (κ1) is 48.5. The molecule has 50 heavy (non-hydrogen) atoms.